The second-order valence-electron chi connectivity index (χ2n) is 5.76. The molecule has 0 aliphatic rings. The van der Waals surface area contributed by atoms with Crippen LogP contribution in [-0.4, -0.2) is 8.07 Å². The minimum atomic E-state index is -1.10. The summed E-state index contributed by atoms with van der Waals surface area (Å²) >= 11 is 0. The SMILES string of the molecule is C=CC(CC(C)c1ccccc1)[Si](C)(C)C. The Morgan fingerprint density at radius 3 is 2.19 bits per heavy atom. The largest absolute Gasteiger partial charge is 0.103 e. The summed E-state index contributed by atoms with van der Waals surface area (Å²) in [6.07, 6.45) is 3.41. The summed E-state index contributed by atoms with van der Waals surface area (Å²) in [5.41, 5.74) is 2.16. The lowest BCUT2D eigenvalue weighted by atomic mass is 9.96. The molecule has 2 unspecified atom stereocenters. The first kappa shape index (κ1) is 13.2. The van der Waals surface area contributed by atoms with Crippen molar-refractivity contribution in [2.45, 2.75) is 44.4 Å². The molecule has 0 heterocycles. The highest BCUT2D eigenvalue weighted by Crippen LogP contribution is 2.33. The lowest BCUT2D eigenvalue weighted by Crippen LogP contribution is -2.27. The second-order valence-corrected chi connectivity index (χ2v) is 11.2. The van der Waals surface area contributed by atoms with E-state index in [0.29, 0.717) is 11.5 Å². The van der Waals surface area contributed by atoms with Crippen molar-refractivity contribution in [2.24, 2.45) is 0 Å². The van der Waals surface area contributed by atoms with Gasteiger partial charge in [-0.3, -0.25) is 0 Å². The van der Waals surface area contributed by atoms with Crippen LogP contribution < -0.4 is 0 Å². The van der Waals surface area contributed by atoms with Gasteiger partial charge in [-0.2, -0.15) is 0 Å². The Morgan fingerprint density at radius 2 is 1.75 bits per heavy atom. The van der Waals surface area contributed by atoms with Gasteiger partial charge in [-0.15, -0.1) is 6.58 Å². The van der Waals surface area contributed by atoms with E-state index in [9.17, 15) is 0 Å². The van der Waals surface area contributed by atoms with E-state index in [4.69, 9.17) is 0 Å². The summed E-state index contributed by atoms with van der Waals surface area (Å²) in [5, 5.41) is 0. The lowest BCUT2D eigenvalue weighted by Gasteiger charge is -2.28. The van der Waals surface area contributed by atoms with E-state index in [1.54, 1.807) is 0 Å². The van der Waals surface area contributed by atoms with Crippen LogP contribution in [0.3, 0.4) is 0 Å². The Balaban J connectivity index is 2.70. The molecule has 0 amide bonds. The zero-order chi connectivity index (χ0) is 12.2. The summed E-state index contributed by atoms with van der Waals surface area (Å²) in [4.78, 5) is 0. The summed E-state index contributed by atoms with van der Waals surface area (Å²) in [6, 6.07) is 10.8. The average molecular weight is 232 g/mol. The van der Waals surface area contributed by atoms with Crippen molar-refractivity contribution in [3.63, 3.8) is 0 Å². The maximum absolute atomic E-state index is 4.01. The van der Waals surface area contributed by atoms with Gasteiger partial charge in [-0.25, -0.2) is 0 Å². The molecule has 0 bridgehead atoms. The van der Waals surface area contributed by atoms with Crippen LogP contribution >= 0.6 is 0 Å². The average Bonchev–Trinajstić information content (AvgIpc) is 2.25. The van der Waals surface area contributed by atoms with Gasteiger partial charge < -0.3 is 0 Å². The highest BCUT2D eigenvalue weighted by atomic mass is 28.3. The molecule has 0 aliphatic carbocycles. The number of hydrogen-bond acceptors (Lipinski definition) is 0. The fourth-order valence-corrected chi connectivity index (χ4v) is 3.87. The number of allylic oxidation sites excluding steroid dienone is 1. The van der Waals surface area contributed by atoms with E-state index in [1.807, 2.05) is 0 Å². The highest BCUT2D eigenvalue weighted by molar-refractivity contribution is 6.78. The zero-order valence-corrected chi connectivity index (χ0v) is 12.0. The number of benzene rings is 1. The Labute approximate surface area is 101 Å². The molecule has 1 aromatic rings. The van der Waals surface area contributed by atoms with Crippen molar-refractivity contribution in [3.05, 3.63) is 48.6 Å². The first-order valence-electron chi connectivity index (χ1n) is 6.12. The molecule has 1 rings (SSSR count). The fraction of sp³-hybridized carbons (Fsp3) is 0.467. The predicted octanol–water partition coefficient (Wildman–Crippen LogP) is 5.07. The molecule has 0 aromatic heterocycles. The monoisotopic (exact) mass is 232 g/mol. The van der Waals surface area contributed by atoms with Gasteiger partial charge in [0.1, 0.15) is 0 Å². The van der Waals surface area contributed by atoms with Crippen LogP contribution in [0.5, 0.6) is 0 Å². The van der Waals surface area contributed by atoms with E-state index in [0.717, 1.165) is 0 Å². The first-order chi connectivity index (χ1) is 7.45. The van der Waals surface area contributed by atoms with Gasteiger partial charge in [0.05, 0.1) is 8.07 Å². The summed E-state index contributed by atoms with van der Waals surface area (Å²) in [5.74, 6) is 0.635. The minimum Gasteiger partial charge on any atom is -0.103 e. The van der Waals surface area contributed by atoms with Crippen LogP contribution in [0.25, 0.3) is 0 Å². The Bertz CT molecular complexity index is 321. The van der Waals surface area contributed by atoms with Crippen LogP contribution in [0, 0.1) is 0 Å². The molecule has 88 valence electrons. The number of hydrogen-bond donors (Lipinski definition) is 0. The second kappa shape index (κ2) is 5.49. The van der Waals surface area contributed by atoms with E-state index < -0.39 is 8.07 Å². The third-order valence-corrected chi connectivity index (χ3v) is 6.07. The molecule has 1 heteroatoms. The Hall–Kier alpha value is -0.823. The van der Waals surface area contributed by atoms with Crippen LogP contribution in [0.2, 0.25) is 25.2 Å². The molecule has 0 N–H and O–H groups in total. The number of rotatable bonds is 5. The van der Waals surface area contributed by atoms with Crippen molar-refractivity contribution in [3.8, 4) is 0 Å². The molecule has 0 nitrogen and oxygen atoms in total. The minimum absolute atomic E-state index is 0.635. The highest BCUT2D eigenvalue weighted by Gasteiger charge is 2.25. The van der Waals surface area contributed by atoms with E-state index >= 15 is 0 Å². The van der Waals surface area contributed by atoms with Gasteiger partial charge in [0.2, 0.25) is 0 Å². The molecular weight excluding hydrogens is 208 g/mol. The van der Waals surface area contributed by atoms with Crippen molar-refractivity contribution in [1.82, 2.24) is 0 Å². The summed E-state index contributed by atoms with van der Waals surface area (Å²) in [6.45, 7) is 13.6. The van der Waals surface area contributed by atoms with E-state index in [1.165, 1.54) is 12.0 Å². The molecule has 0 fully saturated rings. The Kier molecular flexibility index (Phi) is 4.54. The molecule has 0 saturated carbocycles. The molecule has 0 spiro atoms. The van der Waals surface area contributed by atoms with E-state index in [2.05, 4.69) is 69.6 Å². The maximum atomic E-state index is 4.01. The quantitative estimate of drug-likeness (QED) is 0.491. The topological polar surface area (TPSA) is 0 Å². The van der Waals surface area contributed by atoms with Crippen molar-refractivity contribution >= 4 is 8.07 Å². The molecule has 0 aliphatic heterocycles. The van der Waals surface area contributed by atoms with Crippen molar-refractivity contribution in [1.29, 1.82) is 0 Å². The molecular formula is C15H24Si. The van der Waals surface area contributed by atoms with Crippen LogP contribution in [-0.2, 0) is 0 Å². The molecule has 0 saturated heterocycles. The zero-order valence-electron chi connectivity index (χ0n) is 11.0. The summed E-state index contributed by atoms with van der Waals surface area (Å²) in [7, 11) is -1.10. The fourth-order valence-electron chi connectivity index (χ4n) is 2.10. The van der Waals surface area contributed by atoms with Crippen molar-refractivity contribution < 1.29 is 0 Å². The normalized spacial score (nSPS) is 15.5. The van der Waals surface area contributed by atoms with Gasteiger partial charge in [-0.1, -0.05) is 63.0 Å². The Morgan fingerprint density at radius 1 is 1.19 bits per heavy atom. The lowest BCUT2D eigenvalue weighted by molar-refractivity contribution is 0.678. The van der Waals surface area contributed by atoms with E-state index in [-0.39, 0.29) is 0 Å². The standard InChI is InChI=1S/C15H24Si/c1-6-15(16(3,4)5)12-13(2)14-10-8-7-9-11-14/h6-11,13,15H,1,12H2,2-5H3. The third kappa shape index (κ3) is 3.64. The van der Waals surface area contributed by atoms with Gasteiger partial charge in [0.15, 0.2) is 0 Å². The van der Waals surface area contributed by atoms with Gasteiger partial charge in [0.25, 0.3) is 0 Å². The van der Waals surface area contributed by atoms with Crippen molar-refractivity contribution in [2.75, 3.05) is 0 Å². The molecule has 0 radical (unpaired) electrons. The molecule has 16 heavy (non-hydrogen) atoms. The van der Waals surface area contributed by atoms with Crippen LogP contribution in [0.1, 0.15) is 24.8 Å². The van der Waals surface area contributed by atoms with Gasteiger partial charge in [0, 0.05) is 0 Å². The smallest absolute Gasteiger partial charge is 0.0513 e. The molecule has 2 atom stereocenters. The van der Waals surface area contributed by atoms with Gasteiger partial charge >= 0.3 is 0 Å². The van der Waals surface area contributed by atoms with Crippen LogP contribution in [0.15, 0.2) is 43.0 Å². The third-order valence-electron chi connectivity index (χ3n) is 3.37. The summed E-state index contributed by atoms with van der Waals surface area (Å²) < 4.78 is 0. The predicted molar refractivity (Wildman–Crippen MR) is 76.8 cm³/mol. The molecule has 1 aromatic carbocycles. The van der Waals surface area contributed by atoms with Gasteiger partial charge in [-0.05, 0) is 23.4 Å². The van der Waals surface area contributed by atoms with Crippen LogP contribution in [0.4, 0.5) is 0 Å². The maximum Gasteiger partial charge on any atom is 0.0513 e. The first-order valence-corrected chi connectivity index (χ1v) is 9.70.